The second kappa shape index (κ2) is 6.40. The van der Waals surface area contributed by atoms with Gasteiger partial charge >= 0.3 is 0 Å². The summed E-state index contributed by atoms with van der Waals surface area (Å²) in [6.07, 6.45) is 2.31. The third kappa shape index (κ3) is 2.49. The molecule has 1 heterocycles. The molecule has 138 valence electrons. The van der Waals surface area contributed by atoms with Crippen molar-refractivity contribution in [3.63, 3.8) is 0 Å². The summed E-state index contributed by atoms with van der Waals surface area (Å²) in [6.45, 7) is 0. The minimum Gasteiger partial charge on any atom is -0.255 e. The molecule has 0 fully saturated rings. The third-order valence-corrected chi connectivity index (χ3v) is 6.95. The van der Waals surface area contributed by atoms with Gasteiger partial charge in [-0.15, -0.1) is 0 Å². The summed E-state index contributed by atoms with van der Waals surface area (Å²) in [5, 5.41) is 4.35. The van der Waals surface area contributed by atoms with Crippen molar-refractivity contribution in [2.45, 2.75) is 5.75 Å². The standard InChI is InChI=1S/C27H18OS/c28-29-16-23-24(17-29)26(19-11-5-2-6-12-19)27-21-14-8-7-13-20(21)15-22(27)25(23)18-9-3-1-4-10-18/h1-15,17H,16H2. The fraction of sp³-hybridized carbons (Fsp3) is 0.0370. The van der Waals surface area contributed by atoms with E-state index in [-0.39, 0.29) is 0 Å². The molecule has 0 saturated heterocycles. The molecule has 4 aromatic rings. The first-order valence-electron chi connectivity index (χ1n) is 9.81. The second-order valence-electron chi connectivity index (χ2n) is 7.54. The molecule has 0 N–H and O–H groups in total. The highest BCUT2D eigenvalue weighted by molar-refractivity contribution is 7.92. The van der Waals surface area contributed by atoms with E-state index in [0.29, 0.717) is 5.75 Å². The lowest BCUT2D eigenvalue weighted by molar-refractivity contribution is 0.690. The highest BCUT2D eigenvalue weighted by atomic mass is 32.2. The van der Waals surface area contributed by atoms with Gasteiger partial charge in [0.1, 0.15) is 0 Å². The second-order valence-corrected chi connectivity index (χ2v) is 8.82. The van der Waals surface area contributed by atoms with Crippen molar-refractivity contribution in [1.29, 1.82) is 0 Å². The van der Waals surface area contributed by atoms with Crippen LogP contribution in [-0.2, 0) is 16.6 Å². The predicted octanol–water partition coefficient (Wildman–Crippen LogP) is 4.83. The molecule has 0 bridgehead atoms. The number of rotatable bonds is 2. The van der Waals surface area contributed by atoms with E-state index in [1.54, 1.807) is 0 Å². The molecule has 0 radical (unpaired) electrons. The van der Waals surface area contributed by atoms with Crippen molar-refractivity contribution < 1.29 is 4.21 Å². The minimum atomic E-state index is -0.979. The van der Waals surface area contributed by atoms with E-state index in [9.17, 15) is 4.21 Å². The van der Waals surface area contributed by atoms with Gasteiger partial charge in [-0.3, -0.25) is 4.21 Å². The molecule has 1 atom stereocenters. The first kappa shape index (κ1) is 16.7. The van der Waals surface area contributed by atoms with Crippen LogP contribution in [0.15, 0.2) is 84.9 Å². The van der Waals surface area contributed by atoms with Gasteiger partial charge in [0.25, 0.3) is 0 Å². The summed E-state index contributed by atoms with van der Waals surface area (Å²) in [5.74, 6) is 0.580. The van der Waals surface area contributed by atoms with Gasteiger partial charge in [0.2, 0.25) is 0 Å². The van der Waals surface area contributed by atoms with Crippen molar-refractivity contribution in [1.82, 2.24) is 0 Å². The van der Waals surface area contributed by atoms with Crippen molar-refractivity contribution in [3.8, 4) is 33.4 Å². The number of hydrogen-bond donors (Lipinski definition) is 0. The van der Waals surface area contributed by atoms with Gasteiger partial charge in [0.15, 0.2) is 0 Å². The maximum Gasteiger partial charge on any atom is 0.0539 e. The van der Waals surface area contributed by atoms with Crippen LogP contribution in [0.4, 0.5) is 0 Å². The van der Waals surface area contributed by atoms with Crippen LogP contribution in [0.2, 0.25) is 0 Å². The Hall–Kier alpha value is -3.23. The maximum absolute atomic E-state index is 12.7. The average molecular weight is 391 g/mol. The highest BCUT2D eigenvalue weighted by Crippen LogP contribution is 2.37. The molecule has 2 heteroatoms. The van der Waals surface area contributed by atoms with Crippen molar-refractivity contribution in [2.75, 3.05) is 0 Å². The van der Waals surface area contributed by atoms with Crippen LogP contribution in [0.5, 0.6) is 0 Å². The molecule has 6 rings (SSSR count). The summed E-state index contributed by atoms with van der Waals surface area (Å²) in [6, 6.07) is 29.7. The van der Waals surface area contributed by atoms with Crippen LogP contribution in [0.3, 0.4) is 0 Å². The molecule has 1 nitrogen and oxygen atoms in total. The molecule has 0 aromatic heterocycles. The lowest BCUT2D eigenvalue weighted by Crippen LogP contribution is -2.21. The fourth-order valence-electron chi connectivity index (χ4n) is 4.71. The monoisotopic (exact) mass is 390 g/mol. The lowest BCUT2D eigenvalue weighted by Gasteiger charge is -2.16. The maximum atomic E-state index is 12.7. The highest BCUT2D eigenvalue weighted by Gasteiger charge is 2.27. The third-order valence-electron chi connectivity index (χ3n) is 5.88. The molecule has 1 aliphatic heterocycles. The largest absolute Gasteiger partial charge is 0.255 e. The van der Waals surface area contributed by atoms with Crippen LogP contribution in [0, 0.1) is 0 Å². The number of hydrogen-bond acceptors (Lipinski definition) is 1. The van der Waals surface area contributed by atoms with Gasteiger partial charge in [0, 0.05) is 5.41 Å². The van der Waals surface area contributed by atoms with E-state index in [1.165, 1.54) is 49.7 Å². The summed E-state index contributed by atoms with van der Waals surface area (Å²) >= 11 is 0. The summed E-state index contributed by atoms with van der Waals surface area (Å²) < 4.78 is 12.7. The molecular weight excluding hydrogens is 372 g/mol. The van der Waals surface area contributed by atoms with Crippen LogP contribution in [-0.4, -0.2) is 4.21 Å². The van der Waals surface area contributed by atoms with E-state index in [2.05, 4.69) is 78.9 Å². The van der Waals surface area contributed by atoms with Crippen molar-refractivity contribution in [2.24, 2.45) is 0 Å². The van der Waals surface area contributed by atoms with Gasteiger partial charge < -0.3 is 0 Å². The normalized spacial score (nSPS) is 15.8. The zero-order valence-corrected chi connectivity index (χ0v) is 16.6. The molecule has 2 aliphatic rings. The first-order chi connectivity index (χ1) is 14.3. The van der Waals surface area contributed by atoms with Crippen LogP contribution in [0.1, 0.15) is 11.1 Å². The van der Waals surface area contributed by atoms with E-state index in [1.807, 2.05) is 17.5 Å². The summed E-state index contributed by atoms with van der Waals surface area (Å²) in [7, 11) is -0.979. The Balaban J connectivity index is 1.85. The Morgan fingerprint density at radius 2 is 1.24 bits per heavy atom. The van der Waals surface area contributed by atoms with Crippen LogP contribution < -0.4 is 10.4 Å². The minimum absolute atomic E-state index is 0.580. The van der Waals surface area contributed by atoms with Gasteiger partial charge in [0.05, 0.1) is 16.6 Å². The smallest absolute Gasteiger partial charge is 0.0539 e. The van der Waals surface area contributed by atoms with Gasteiger partial charge in [-0.2, -0.15) is 0 Å². The van der Waals surface area contributed by atoms with Crippen LogP contribution in [0.25, 0.3) is 44.9 Å². The molecule has 1 unspecified atom stereocenters. The number of benzene rings is 4. The van der Waals surface area contributed by atoms with E-state index < -0.39 is 10.8 Å². The Bertz CT molecular complexity index is 1420. The zero-order valence-electron chi connectivity index (χ0n) is 15.8. The van der Waals surface area contributed by atoms with Gasteiger partial charge in [-0.1, -0.05) is 84.9 Å². The Kier molecular flexibility index (Phi) is 3.68. The molecule has 1 aliphatic carbocycles. The SMILES string of the molecule is O=S1C=c2c(c(-c3ccccc3)c3c(c2-c2ccccc2)-c2ccccc2C=3)C1. The quantitative estimate of drug-likeness (QED) is 0.422. The fourth-order valence-corrected chi connectivity index (χ4v) is 5.90. The van der Waals surface area contributed by atoms with Gasteiger partial charge in [-0.25, -0.2) is 0 Å². The zero-order chi connectivity index (χ0) is 19.4. The van der Waals surface area contributed by atoms with Crippen molar-refractivity contribution in [3.05, 3.63) is 106 Å². The lowest BCUT2D eigenvalue weighted by atomic mass is 9.86. The first-order valence-corrected chi connectivity index (χ1v) is 11.2. The van der Waals surface area contributed by atoms with Crippen LogP contribution >= 0.6 is 0 Å². The average Bonchev–Trinajstić information content (AvgIpc) is 3.33. The van der Waals surface area contributed by atoms with Crippen molar-refractivity contribution >= 4 is 22.3 Å². The molecule has 4 aromatic carbocycles. The molecule has 29 heavy (non-hydrogen) atoms. The molecule has 0 saturated carbocycles. The molecular formula is C27H18OS. The summed E-state index contributed by atoms with van der Waals surface area (Å²) in [5.41, 5.74) is 9.79. The Labute approximate surface area is 172 Å². The number of fused-ring (bicyclic) bond motifs is 4. The molecule has 0 amide bonds. The van der Waals surface area contributed by atoms with E-state index in [4.69, 9.17) is 0 Å². The topological polar surface area (TPSA) is 17.1 Å². The summed E-state index contributed by atoms with van der Waals surface area (Å²) in [4.78, 5) is 0. The van der Waals surface area contributed by atoms with E-state index >= 15 is 0 Å². The predicted molar refractivity (Wildman–Crippen MR) is 122 cm³/mol. The Morgan fingerprint density at radius 1 is 0.621 bits per heavy atom. The van der Waals surface area contributed by atoms with E-state index in [0.717, 1.165) is 5.22 Å². The molecule has 0 spiro atoms. The van der Waals surface area contributed by atoms with Gasteiger partial charge in [-0.05, 0) is 61.0 Å². The Morgan fingerprint density at radius 3 is 1.97 bits per heavy atom.